The lowest BCUT2D eigenvalue weighted by molar-refractivity contribution is -0.129. The van der Waals surface area contributed by atoms with E-state index in [-0.39, 0.29) is 17.3 Å². The van der Waals surface area contributed by atoms with E-state index < -0.39 is 11.5 Å². The second-order valence-electron chi connectivity index (χ2n) is 9.71. The van der Waals surface area contributed by atoms with Gasteiger partial charge >= 0.3 is 0 Å². The van der Waals surface area contributed by atoms with Crippen molar-refractivity contribution >= 4 is 11.9 Å². The van der Waals surface area contributed by atoms with E-state index in [1.807, 2.05) is 0 Å². The summed E-state index contributed by atoms with van der Waals surface area (Å²) in [5, 5.41) is 0. The van der Waals surface area contributed by atoms with Crippen molar-refractivity contribution in [1.29, 1.82) is 0 Å². The maximum Gasteiger partial charge on any atom is 0.266 e. The Bertz CT molecular complexity index is 1350. The zero-order valence-electron chi connectivity index (χ0n) is 19.4. The quantitative estimate of drug-likeness (QED) is 0.584. The molecule has 1 aromatic heterocycles. The second-order valence-corrected chi connectivity index (χ2v) is 9.71. The topological polar surface area (TPSA) is 90.0 Å². The highest BCUT2D eigenvalue weighted by Crippen LogP contribution is 2.53. The maximum absolute atomic E-state index is 14.5. The summed E-state index contributed by atoms with van der Waals surface area (Å²) in [6, 6.07) is 13.8. The van der Waals surface area contributed by atoms with Gasteiger partial charge in [0.2, 0.25) is 11.5 Å². The minimum atomic E-state index is -1.47. The molecule has 0 saturated carbocycles. The van der Waals surface area contributed by atoms with Crippen LogP contribution in [-0.4, -0.2) is 35.4 Å². The number of amides is 1. The molecule has 1 atom stereocenters. The summed E-state index contributed by atoms with van der Waals surface area (Å²) >= 11 is 0. The summed E-state index contributed by atoms with van der Waals surface area (Å²) in [7, 11) is 1.58. The van der Waals surface area contributed by atoms with Gasteiger partial charge in [-0.05, 0) is 53.4 Å². The van der Waals surface area contributed by atoms with E-state index in [2.05, 4.69) is 30.7 Å². The highest BCUT2D eigenvalue weighted by Gasteiger charge is 2.54. The van der Waals surface area contributed by atoms with Gasteiger partial charge in [-0.25, -0.2) is 9.98 Å². The largest absolute Gasteiger partial charge is 0.493 e. The fraction of sp³-hybridized carbons (Fsp3) is 0.269. The molecule has 3 aromatic rings. The molecule has 34 heavy (non-hydrogen) atoms. The molecule has 1 spiro atoms. The van der Waals surface area contributed by atoms with Gasteiger partial charge in [0.05, 0.1) is 6.61 Å². The van der Waals surface area contributed by atoms with Crippen molar-refractivity contribution in [3.05, 3.63) is 71.8 Å². The highest BCUT2D eigenvalue weighted by molar-refractivity contribution is 6.10. The molecule has 0 aliphatic carbocycles. The first-order chi connectivity index (χ1) is 16.1. The third kappa shape index (κ3) is 3.37. The number of rotatable bonds is 3. The first-order valence-electron chi connectivity index (χ1n) is 10.9. The van der Waals surface area contributed by atoms with Crippen molar-refractivity contribution < 1.29 is 18.7 Å². The van der Waals surface area contributed by atoms with E-state index in [4.69, 9.17) is 15.2 Å². The SMILES string of the molecule is CN1C(=O)C2(N=C1N)c1cc(OCC(C)(C)C)ccc1Oc1ccc(-c3cccnc3F)cc12. The Morgan fingerprint density at radius 2 is 1.82 bits per heavy atom. The average Bonchev–Trinajstić information content (AvgIpc) is 3.02. The molecule has 174 valence electrons. The van der Waals surface area contributed by atoms with Crippen molar-refractivity contribution in [3.63, 3.8) is 0 Å². The normalized spacial score (nSPS) is 18.9. The number of fused-ring (bicyclic) bond motifs is 4. The molecule has 8 heteroatoms. The molecule has 2 aromatic carbocycles. The number of pyridine rings is 1. The standard InChI is InChI=1S/C26H25FN4O3/c1-25(2,3)14-33-16-8-10-21-19(13-16)26(23(32)31(4)24(28)30-26)18-12-15(7-9-20(18)34-21)17-6-5-11-29-22(17)27/h5-13H,14H2,1-4H3,(H2,28,30). The highest BCUT2D eigenvalue weighted by atomic mass is 19.1. The van der Waals surface area contributed by atoms with Crippen LogP contribution in [0, 0.1) is 11.4 Å². The predicted octanol–water partition coefficient (Wildman–Crippen LogP) is 4.45. The Morgan fingerprint density at radius 3 is 2.47 bits per heavy atom. The van der Waals surface area contributed by atoms with E-state index in [0.29, 0.717) is 46.1 Å². The molecule has 5 rings (SSSR count). The third-order valence-electron chi connectivity index (χ3n) is 5.91. The van der Waals surface area contributed by atoms with Gasteiger partial charge in [0.1, 0.15) is 17.2 Å². The Hall–Kier alpha value is -3.94. The molecule has 0 saturated heterocycles. The van der Waals surface area contributed by atoms with Crippen molar-refractivity contribution in [1.82, 2.24) is 9.88 Å². The zero-order chi connectivity index (χ0) is 24.3. The Morgan fingerprint density at radius 1 is 1.12 bits per heavy atom. The number of carbonyl (C=O) groups is 1. The first kappa shape index (κ1) is 21.9. The lowest BCUT2D eigenvalue weighted by atomic mass is 9.79. The van der Waals surface area contributed by atoms with Crippen LogP contribution in [-0.2, 0) is 10.3 Å². The van der Waals surface area contributed by atoms with Crippen LogP contribution in [0.15, 0.2) is 59.7 Å². The number of nitrogens with two attached hydrogens (primary N) is 1. The van der Waals surface area contributed by atoms with Gasteiger partial charge in [0.15, 0.2) is 5.96 Å². The number of likely N-dealkylation sites (N-methyl/N-ethyl adjacent to an activating group) is 1. The summed E-state index contributed by atoms with van der Waals surface area (Å²) in [4.78, 5) is 23.4. The monoisotopic (exact) mass is 460 g/mol. The van der Waals surface area contributed by atoms with Crippen molar-refractivity contribution in [3.8, 4) is 28.4 Å². The third-order valence-corrected chi connectivity index (χ3v) is 5.91. The second kappa shape index (κ2) is 7.55. The molecule has 0 radical (unpaired) electrons. The van der Waals surface area contributed by atoms with Gasteiger partial charge in [-0.1, -0.05) is 26.8 Å². The van der Waals surface area contributed by atoms with Gasteiger partial charge in [-0.15, -0.1) is 0 Å². The number of carbonyl (C=O) groups excluding carboxylic acids is 1. The Kier molecular flexibility index (Phi) is 4.86. The Balaban J connectivity index is 1.71. The number of nitrogens with zero attached hydrogens (tertiary/aromatic N) is 3. The lowest BCUT2D eigenvalue weighted by Gasteiger charge is -2.34. The van der Waals surface area contributed by atoms with Gasteiger partial charge in [0, 0.05) is 29.9 Å². The number of aromatic nitrogens is 1. The van der Waals surface area contributed by atoms with Crippen LogP contribution in [0.2, 0.25) is 0 Å². The minimum Gasteiger partial charge on any atom is -0.493 e. The smallest absolute Gasteiger partial charge is 0.266 e. The van der Waals surface area contributed by atoms with Crippen molar-refractivity contribution in [2.75, 3.05) is 13.7 Å². The van der Waals surface area contributed by atoms with Crippen LogP contribution in [0.25, 0.3) is 11.1 Å². The van der Waals surface area contributed by atoms with Gasteiger partial charge in [-0.2, -0.15) is 4.39 Å². The van der Waals surface area contributed by atoms with Crippen LogP contribution in [0.4, 0.5) is 4.39 Å². The molecular formula is C26H25FN4O3. The van der Waals surface area contributed by atoms with Crippen LogP contribution < -0.4 is 15.2 Å². The molecular weight excluding hydrogens is 435 g/mol. The van der Waals surface area contributed by atoms with E-state index in [1.54, 1.807) is 55.6 Å². The van der Waals surface area contributed by atoms with Crippen LogP contribution in [0.1, 0.15) is 31.9 Å². The molecule has 2 aliphatic rings. The molecule has 3 heterocycles. The molecule has 2 N–H and O–H groups in total. The number of hydrogen-bond donors (Lipinski definition) is 1. The van der Waals surface area contributed by atoms with Crippen molar-refractivity contribution in [2.24, 2.45) is 16.1 Å². The summed E-state index contributed by atoms with van der Waals surface area (Å²) in [5.41, 5.74) is 6.46. The molecule has 2 aliphatic heterocycles. The van der Waals surface area contributed by atoms with Crippen LogP contribution in [0.5, 0.6) is 17.2 Å². The van der Waals surface area contributed by atoms with E-state index in [0.717, 1.165) is 0 Å². The molecule has 1 unspecified atom stereocenters. The zero-order valence-corrected chi connectivity index (χ0v) is 19.4. The maximum atomic E-state index is 14.5. The van der Waals surface area contributed by atoms with E-state index in [1.165, 1.54) is 11.1 Å². The number of benzene rings is 2. The van der Waals surface area contributed by atoms with E-state index in [9.17, 15) is 9.18 Å². The predicted molar refractivity (Wildman–Crippen MR) is 126 cm³/mol. The van der Waals surface area contributed by atoms with Gasteiger partial charge in [-0.3, -0.25) is 9.69 Å². The molecule has 0 bridgehead atoms. The summed E-state index contributed by atoms with van der Waals surface area (Å²) in [6.07, 6.45) is 1.39. The first-order valence-corrected chi connectivity index (χ1v) is 10.9. The number of hydrogen-bond acceptors (Lipinski definition) is 6. The number of halogens is 1. The average molecular weight is 461 g/mol. The number of ether oxygens (including phenoxy) is 2. The summed E-state index contributed by atoms with van der Waals surface area (Å²) < 4.78 is 26.6. The number of guanidine groups is 1. The van der Waals surface area contributed by atoms with Gasteiger partial charge < -0.3 is 15.2 Å². The lowest BCUT2D eigenvalue weighted by Crippen LogP contribution is -2.42. The Labute approximate surface area is 197 Å². The fourth-order valence-corrected chi connectivity index (χ4v) is 4.20. The van der Waals surface area contributed by atoms with Gasteiger partial charge in [0.25, 0.3) is 5.91 Å². The van der Waals surface area contributed by atoms with E-state index >= 15 is 0 Å². The van der Waals surface area contributed by atoms with Crippen molar-refractivity contribution in [2.45, 2.75) is 26.3 Å². The summed E-state index contributed by atoms with van der Waals surface area (Å²) in [5.74, 6) is 0.672. The molecule has 7 nitrogen and oxygen atoms in total. The minimum absolute atomic E-state index is 0.0502. The van der Waals surface area contributed by atoms with Crippen LogP contribution in [0.3, 0.4) is 0 Å². The molecule has 0 fully saturated rings. The van der Waals surface area contributed by atoms with Crippen LogP contribution >= 0.6 is 0 Å². The number of aliphatic imine (C=N–C) groups is 1. The molecule has 1 amide bonds. The summed E-state index contributed by atoms with van der Waals surface area (Å²) in [6.45, 7) is 6.71. The fourth-order valence-electron chi connectivity index (χ4n) is 4.20.